The molecule has 1 aromatic rings. The molecular weight excluding hydrogens is 396 g/mol. The van der Waals surface area contributed by atoms with Gasteiger partial charge in [0.05, 0.1) is 4.47 Å². The minimum Gasteiger partial charge on any atom is -0.755 e. The van der Waals surface area contributed by atoms with Crippen LogP contribution in [0.3, 0.4) is 0 Å². The van der Waals surface area contributed by atoms with Gasteiger partial charge in [-0.3, -0.25) is 4.21 Å². The summed E-state index contributed by atoms with van der Waals surface area (Å²) in [5.74, 6) is -0.445. The van der Waals surface area contributed by atoms with Crippen molar-refractivity contribution in [3.8, 4) is 5.75 Å². The molecule has 0 heterocycles. The Bertz CT molecular complexity index is 645. The number of benzene rings is 1. The van der Waals surface area contributed by atoms with Crippen LogP contribution in [0.15, 0.2) is 21.5 Å². The third-order valence-electron chi connectivity index (χ3n) is 2.79. The van der Waals surface area contributed by atoms with Crippen molar-refractivity contribution in [2.45, 2.75) is 31.6 Å². The highest BCUT2D eigenvalue weighted by Gasteiger charge is 2.28. The van der Waals surface area contributed by atoms with Crippen LogP contribution in [0, 0.1) is 0 Å². The van der Waals surface area contributed by atoms with Gasteiger partial charge in [0.15, 0.2) is 0 Å². The van der Waals surface area contributed by atoms with Crippen molar-refractivity contribution in [1.82, 2.24) is 4.31 Å². The van der Waals surface area contributed by atoms with Crippen LogP contribution in [0.1, 0.15) is 26.7 Å². The monoisotopic (exact) mass is 413 g/mol. The van der Waals surface area contributed by atoms with E-state index in [1.165, 1.54) is 10.4 Å². The van der Waals surface area contributed by atoms with Crippen LogP contribution in [0.2, 0.25) is 0 Å². The maximum atomic E-state index is 12.7. The molecule has 126 valence electrons. The number of hydrogen-bond donors (Lipinski definition) is 2. The molecule has 0 fully saturated rings. The average Bonchev–Trinajstić information content (AvgIpc) is 2.41. The average molecular weight is 414 g/mol. The zero-order valence-electron chi connectivity index (χ0n) is 12.2. The molecule has 0 bridgehead atoms. The molecule has 1 atom stereocenters. The number of nitrogens with one attached hydrogen (secondary N) is 1. The van der Waals surface area contributed by atoms with Gasteiger partial charge in [0.2, 0.25) is 10.0 Å². The number of halogens is 1. The normalized spacial score (nSPS) is 13.3. The van der Waals surface area contributed by atoms with Crippen LogP contribution in [0.25, 0.3) is 0 Å². The summed E-state index contributed by atoms with van der Waals surface area (Å²) in [6, 6.07) is 2.39. The van der Waals surface area contributed by atoms with Gasteiger partial charge >= 0.3 is 0 Å². The lowest BCUT2D eigenvalue weighted by atomic mass is 10.3. The Labute approximate surface area is 141 Å². The zero-order valence-corrected chi connectivity index (χ0v) is 15.4. The lowest BCUT2D eigenvalue weighted by Gasteiger charge is -2.22. The lowest BCUT2D eigenvalue weighted by molar-refractivity contribution is 0.402. The number of sulfonamides is 1. The standard InChI is InChI=1S/C12H19BrN2O5S2/c1-3-5-15(6-4-2)22(19,20)11-8-9(14-21(17)18)7-10(13)12(11)16/h7-8,14,16H,3-6H2,1-2H3,(H,17,18)/p-1. The highest BCUT2D eigenvalue weighted by atomic mass is 79.9. The van der Waals surface area contributed by atoms with Gasteiger partial charge in [0.1, 0.15) is 10.6 Å². The van der Waals surface area contributed by atoms with Crippen molar-refractivity contribution in [3.05, 3.63) is 16.6 Å². The Kier molecular flexibility index (Phi) is 7.26. The summed E-state index contributed by atoms with van der Waals surface area (Å²) >= 11 is 0.438. The molecule has 10 heteroatoms. The first-order valence-electron chi connectivity index (χ1n) is 6.62. The highest BCUT2D eigenvalue weighted by molar-refractivity contribution is 9.10. The minimum atomic E-state index is -3.92. The molecule has 0 spiro atoms. The maximum absolute atomic E-state index is 12.7. The Balaban J connectivity index is 3.38. The zero-order chi connectivity index (χ0) is 16.9. The molecule has 0 saturated carbocycles. The minimum absolute atomic E-state index is 0.0459. The van der Waals surface area contributed by atoms with E-state index in [0.717, 1.165) is 6.07 Å². The second kappa shape index (κ2) is 8.25. The van der Waals surface area contributed by atoms with Gasteiger partial charge in [-0.1, -0.05) is 13.8 Å². The molecule has 0 aliphatic heterocycles. The predicted octanol–water partition coefficient (Wildman–Crippen LogP) is 2.17. The van der Waals surface area contributed by atoms with Crippen molar-refractivity contribution in [2.75, 3.05) is 17.8 Å². The van der Waals surface area contributed by atoms with E-state index in [0.29, 0.717) is 25.9 Å². The summed E-state index contributed by atoms with van der Waals surface area (Å²) < 4.78 is 50.2. The molecule has 7 nitrogen and oxygen atoms in total. The van der Waals surface area contributed by atoms with E-state index in [1.807, 2.05) is 13.8 Å². The smallest absolute Gasteiger partial charge is 0.246 e. The molecule has 1 aromatic carbocycles. The maximum Gasteiger partial charge on any atom is 0.246 e. The molecular formula is C12H18BrN2O5S2-. The van der Waals surface area contributed by atoms with Crippen LogP contribution >= 0.6 is 15.9 Å². The third-order valence-corrected chi connectivity index (χ3v) is 5.71. The Morgan fingerprint density at radius 3 is 2.32 bits per heavy atom. The van der Waals surface area contributed by atoms with E-state index in [9.17, 15) is 22.3 Å². The first kappa shape index (κ1) is 19.4. The quantitative estimate of drug-likeness (QED) is 0.501. The topological polar surface area (TPSA) is 110 Å². The summed E-state index contributed by atoms with van der Waals surface area (Å²) in [6.07, 6.45) is 1.26. The molecule has 2 N–H and O–H groups in total. The molecule has 0 aromatic heterocycles. The van der Waals surface area contributed by atoms with Crippen molar-refractivity contribution in [3.63, 3.8) is 0 Å². The van der Waals surface area contributed by atoms with Crippen LogP contribution in [0.4, 0.5) is 5.69 Å². The largest absolute Gasteiger partial charge is 0.755 e. The molecule has 1 unspecified atom stereocenters. The van der Waals surface area contributed by atoms with Gasteiger partial charge in [-0.25, -0.2) is 8.42 Å². The molecule has 0 amide bonds. The summed E-state index contributed by atoms with van der Waals surface area (Å²) in [7, 11) is -3.92. The first-order chi connectivity index (χ1) is 10.2. The van der Waals surface area contributed by atoms with Crippen molar-refractivity contribution in [1.29, 1.82) is 0 Å². The molecule has 0 radical (unpaired) electrons. The Hall–Kier alpha value is -0.680. The van der Waals surface area contributed by atoms with E-state index < -0.39 is 27.0 Å². The number of nitrogens with zero attached hydrogens (tertiary/aromatic N) is 1. The van der Waals surface area contributed by atoms with E-state index in [4.69, 9.17) is 0 Å². The van der Waals surface area contributed by atoms with Gasteiger partial charge in [-0.05, 0) is 40.9 Å². The summed E-state index contributed by atoms with van der Waals surface area (Å²) in [5.41, 5.74) is 0.0459. The van der Waals surface area contributed by atoms with E-state index in [1.54, 1.807) is 0 Å². The Morgan fingerprint density at radius 2 is 1.86 bits per heavy atom. The molecule has 1 rings (SSSR count). The number of anilines is 1. The lowest BCUT2D eigenvalue weighted by Crippen LogP contribution is -2.32. The predicted molar refractivity (Wildman–Crippen MR) is 87.7 cm³/mol. The molecule has 22 heavy (non-hydrogen) atoms. The van der Waals surface area contributed by atoms with Crippen LogP contribution < -0.4 is 4.72 Å². The molecule has 0 aliphatic rings. The third kappa shape index (κ3) is 4.66. The van der Waals surface area contributed by atoms with Crippen molar-refractivity contribution < 1.29 is 22.3 Å². The summed E-state index contributed by atoms with van der Waals surface area (Å²) in [6.45, 7) is 4.34. The number of rotatable bonds is 8. The fraction of sp³-hybridized carbons (Fsp3) is 0.500. The number of hydrogen-bond acceptors (Lipinski definition) is 5. The summed E-state index contributed by atoms with van der Waals surface area (Å²) in [5, 5.41) is 10.0. The van der Waals surface area contributed by atoms with Crippen molar-refractivity contribution >= 4 is 42.9 Å². The second-order valence-corrected chi connectivity index (χ2v) is 7.98. The molecule has 0 aliphatic carbocycles. The van der Waals surface area contributed by atoms with E-state index in [-0.39, 0.29) is 15.1 Å². The highest BCUT2D eigenvalue weighted by Crippen LogP contribution is 2.36. The van der Waals surface area contributed by atoms with Gasteiger partial charge in [0, 0.05) is 30.0 Å². The second-order valence-electron chi connectivity index (χ2n) is 4.55. The Morgan fingerprint density at radius 1 is 1.32 bits per heavy atom. The van der Waals surface area contributed by atoms with E-state index >= 15 is 0 Å². The fourth-order valence-corrected chi connectivity index (χ4v) is 4.57. The number of phenols is 1. The van der Waals surface area contributed by atoms with Gasteiger partial charge in [-0.15, -0.1) is 0 Å². The van der Waals surface area contributed by atoms with Gasteiger partial charge in [-0.2, -0.15) is 4.31 Å². The van der Waals surface area contributed by atoms with E-state index in [2.05, 4.69) is 20.7 Å². The van der Waals surface area contributed by atoms with Gasteiger partial charge in [0.25, 0.3) is 0 Å². The van der Waals surface area contributed by atoms with Crippen molar-refractivity contribution in [2.24, 2.45) is 0 Å². The molecule has 0 saturated heterocycles. The first-order valence-corrected chi connectivity index (χ1v) is 9.93. The fourth-order valence-electron chi connectivity index (χ4n) is 1.92. The van der Waals surface area contributed by atoms with Crippen LogP contribution in [-0.4, -0.2) is 39.7 Å². The number of aromatic hydroxyl groups is 1. The SMILES string of the molecule is CCCN(CCC)S(=O)(=O)c1cc(NS(=O)[O-])cc(Br)c1O. The van der Waals surface area contributed by atoms with Crippen LogP contribution in [-0.2, 0) is 21.3 Å². The van der Waals surface area contributed by atoms with Crippen LogP contribution in [0.5, 0.6) is 5.75 Å². The number of phenolic OH excluding ortho intramolecular Hbond substituents is 1. The summed E-state index contributed by atoms with van der Waals surface area (Å²) in [4.78, 5) is -0.336. The van der Waals surface area contributed by atoms with Gasteiger partial charge < -0.3 is 14.4 Å².